The van der Waals surface area contributed by atoms with Crippen LogP contribution in [-0.2, 0) is 14.2 Å². The largest absolute Gasteiger partial charge is 0.459 e. The molecule has 9 nitrogen and oxygen atoms in total. The topological polar surface area (TPSA) is 117 Å². The van der Waals surface area contributed by atoms with Gasteiger partial charge in [-0.1, -0.05) is 35.4 Å². The molecule has 1 saturated heterocycles. The lowest BCUT2D eigenvalue weighted by Gasteiger charge is -2.19. The van der Waals surface area contributed by atoms with Crippen LogP contribution in [0.2, 0.25) is 0 Å². The zero-order valence-corrected chi connectivity index (χ0v) is 23.0. The van der Waals surface area contributed by atoms with Crippen LogP contribution in [0.5, 0.6) is 0 Å². The highest BCUT2D eigenvalue weighted by Gasteiger charge is 2.40. The number of aryl methyl sites for hydroxylation is 3. The van der Waals surface area contributed by atoms with Crippen LogP contribution >= 0.6 is 11.3 Å². The highest BCUT2D eigenvalue weighted by Crippen LogP contribution is 2.32. The van der Waals surface area contributed by atoms with Crippen molar-refractivity contribution in [2.45, 2.75) is 45.6 Å². The standard InChI is InChI=1S/C30H28N2O7S/c1-17-4-8-20(9-5-17)28(34)37-16-24-23(39-29(35)21-10-6-18(2)7-11-21)14-25(38-24)32-15-22(27(33)31-30(32)36)26-19(3)12-13-40-26/h4-13,15,23-25H,14,16H2,1-3H3,(H,31,33,36)/t23-,24+,25+/m0/s1. The van der Waals surface area contributed by atoms with E-state index in [-0.39, 0.29) is 13.0 Å². The van der Waals surface area contributed by atoms with Gasteiger partial charge in [0.1, 0.15) is 25.0 Å². The number of benzene rings is 2. The minimum atomic E-state index is -0.873. The van der Waals surface area contributed by atoms with Gasteiger partial charge in [-0.05, 0) is 62.0 Å². The van der Waals surface area contributed by atoms with Gasteiger partial charge in [0.05, 0.1) is 16.7 Å². The number of esters is 2. The number of aromatic amines is 1. The van der Waals surface area contributed by atoms with Crippen molar-refractivity contribution < 1.29 is 23.8 Å². The predicted molar refractivity (Wildman–Crippen MR) is 150 cm³/mol. The van der Waals surface area contributed by atoms with Crippen LogP contribution in [0.3, 0.4) is 0 Å². The first-order chi connectivity index (χ1) is 19.2. The Balaban J connectivity index is 1.40. The van der Waals surface area contributed by atoms with Gasteiger partial charge in [-0.25, -0.2) is 14.4 Å². The maximum absolute atomic E-state index is 13.0. The molecular weight excluding hydrogens is 532 g/mol. The van der Waals surface area contributed by atoms with Gasteiger partial charge in [-0.15, -0.1) is 11.3 Å². The average molecular weight is 561 g/mol. The van der Waals surface area contributed by atoms with E-state index in [1.54, 1.807) is 48.5 Å². The molecule has 2 aromatic heterocycles. The second kappa shape index (κ2) is 11.4. The van der Waals surface area contributed by atoms with Crippen LogP contribution in [0.25, 0.3) is 10.4 Å². The molecule has 3 atom stereocenters. The number of hydrogen-bond donors (Lipinski definition) is 1. The van der Waals surface area contributed by atoms with E-state index in [1.807, 2.05) is 32.2 Å². The zero-order valence-electron chi connectivity index (χ0n) is 22.2. The summed E-state index contributed by atoms with van der Waals surface area (Å²) in [5.74, 6) is -1.11. The lowest BCUT2D eigenvalue weighted by molar-refractivity contribution is -0.0582. The summed E-state index contributed by atoms with van der Waals surface area (Å²) < 4.78 is 18.7. The highest BCUT2D eigenvalue weighted by atomic mass is 32.1. The van der Waals surface area contributed by atoms with E-state index in [1.165, 1.54) is 22.1 Å². The van der Waals surface area contributed by atoms with Gasteiger partial charge < -0.3 is 14.2 Å². The van der Waals surface area contributed by atoms with Crippen LogP contribution in [0, 0.1) is 20.8 Å². The number of thiophene rings is 1. The Hall–Kier alpha value is -4.28. The lowest BCUT2D eigenvalue weighted by Crippen LogP contribution is -2.33. The SMILES string of the molecule is Cc1ccc(C(=O)OC[C@H]2O[C@@H](n3cc(-c4sccc4C)c(=O)[nH]c3=O)C[C@@H]2OC(=O)c2ccc(C)cc2)cc1. The molecule has 0 bridgehead atoms. The summed E-state index contributed by atoms with van der Waals surface area (Å²) in [4.78, 5) is 54.2. The van der Waals surface area contributed by atoms with Gasteiger partial charge in [0.2, 0.25) is 0 Å². The molecule has 0 amide bonds. The molecule has 5 rings (SSSR count). The first-order valence-corrected chi connectivity index (χ1v) is 13.6. The number of carbonyl (C=O) groups excluding carboxylic acids is 2. The lowest BCUT2D eigenvalue weighted by atomic mass is 10.1. The fraction of sp³-hybridized carbons (Fsp3) is 0.267. The van der Waals surface area contributed by atoms with E-state index in [2.05, 4.69) is 4.98 Å². The van der Waals surface area contributed by atoms with Gasteiger partial charge in [0.15, 0.2) is 0 Å². The van der Waals surface area contributed by atoms with E-state index in [0.29, 0.717) is 16.7 Å². The van der Waals surface area contributed by atoms with Gasteiger partial charge in [0, 0.05) is 17.5 Å². The monoisotopic (exact) mass is 560 g/mol. The second-order valence-corrected chi connectivity index (χ2v) is 10.7. The van der Waals surface area contributed by atoms with Crippen molar-refractivity contribution >= 4 is 23.3 Å². The molecule has 0 spiro atoms. The van der Waals surface area contributed by atoms with Gasteiger partial charge in [0.25, 0.3) is 5.56 Å². The average Bonchev–Trinajstić information content (AvgIpc) is 3.53. The van der Waals surface area contributed by atoms with Crippen LogP contribution < -0.4 is 11.2 Å². The molecule has 0 unspecified atom stereocenters. The van der Waals surface area contributed by atoms with Crippen molar-refractivity contribution in [3.05, 3.63) is 115 Å². The van der Waals surface area contributed by atoms with E-state index in [4.69, 9.17) is 14.2 Å². The van der Waals surface area contributed by atoms with Crippen molar-refractivity contribution in [3.63, 3.8) is 0 Å². The number of nitrogens with zero attached hydrogens (tertiary/aromatic N) is 1. The van der Waals surface area contributed by atoms with Crippen molar-refractivity contribution in [1.29, 1.82) is 0 Å². The Bertz CT molecular complexity index is 1650. The Kier molecular flexibility index (Phi) is 7.81. The molecule has 0 saturated carbocycles. The van der Waals surface area contributed by atoms with E-state index >= 15 is 0 Å². The molecule has 0 aliphatic carbocycles. The molecule has 0 radical (unpaired) electrons. The third-order valence-corrected chi connectivity index (χ3v) is 7.83. The molecule has 40 heavy (non-hydrogen) atoms. The fourth-order valence-corrected chi connectivity index (χ4v) is 5.42. The summed E-state index contributed by atoms with van der Waals surface area (Å²) in [6.45, 7) is 5.51. The summed E-state index contributed by atoms with van der Waals surface area (Å²) in [5.41, 5.74) is 2.81. The molecule has 1 aliphatic rings. The summed E-state index contributed by atoms with van der Waals surface area (Å²) in [6, 6.07) is 15.8. The molecule has 1 N–H and O–H groups in total. The number of H-pyrrole nitrogens is 1. The summed E-state index contributed by atoms with van der Waals surface area (Å²) >= 11 is 1.39. The minimum absolute atomic E-state index is 0.110. The molecule has 3 heterocycles. The maximum atomic E-state index is 13.0. The first kappa shape index (κ1) is 27.3. The maximum Gasteiger partial charge on any atom is 0.338 e. The van der Waals surface area contributed by atoms with Gasteiger partial charge in [-0.2, -0.15) is 0 Å². The van der Waals surface area contributed by atoms with Crippen molar-refractivity contribution in [1.82, 2.24) is 9.55 Å². The van der Waals surface area contributed by atoms with Gasteiger partial charge in [-0.3, -0.25) is 14.3 Å². The van der Waals surface area contributed by atoms with Crippen molar-refractivity contribution in [2.75, 3.05) is 6.61 Å². The minimum Gasteiger partial charge on any atom is -0.459 e. The van der Waals surface area contributed by atoms with Crippen LogP contribution in [0.15, 0.2) is 75.8 Å². The van der Waals surface area contributed by atoms with E-state index in [0.717, 1.165) is 21.6 Å². The summed E-state index contributed by atoms with van der Waals surface area (Å²) in [6.07, 6.45) is -0.971. The summed E-state index contributed by atoms with van der Waals surface area (Å²) in [5, 5.41) is 1.87. The molecule has 2 aromatic carbocycles. The van der Waals surface area contributed by atoms with Crippen LogP contribution in [0.1, 0.15) is 50.1 Å². The quantitative estimate of drug-likeness (QED) is 0.329. The Labute approximate surface area is 234 Å². The smallest absolute Gasteiger partial charge is 0.338 e. The number of rotatable bonds is 7. The normalized spacial score (nSPS) is 18.4. The van der Waals surface area contributed by atoms with Crippen LogP contribution in [0.4, 0.5) is 0 Å². The second-order valence-electron chi connectivity index (χ2n) is 9.78. The first-order valence-electron chi connectivity index (χ1n) is 12.8. The number of carbonyl (C=O) groups is 2. The number of ether oxygens (including phenoxy) is 3. The zero-order chi connectivity index (χ0) is 28.4. The molecule has 1 fully saturated rings. The Morgan fingerprint density at radius 2 is 1.57 bits per heavy atom. The molecule has 10 heteroatoms. The number of nitrogens with one attached hydrogen (secondary N) is 1. The van der Waals surface area contributed by atoms with E-state index < -0.39 is 41.6 Å². The molecular formula is C30H28N2O7S. The number of hydrogen-bond acceptors (Lipinski definition) is 8. The predicted octanol–water partition coefficient (Wildman–Crippen LogP) is 4.56. The third-order valence-electron chi connectivity index (χ3n) is 6.78. The Morgan fingerprint density at radius 1 is 0.950 bits per heavy atom. The fourth-order valence-electron chi connectivity index (χ4n) is 4.48. The molecule has 4 aromatic rings. The highest BCUT2D eigenvalue weighted by molar-refractivity contribution is 7.13. The molecule has 1 aliphatic heterocycles. The van der Waals surface area contributed by atoms with Crippen LogP contribution in [-0.4, -0.2) is 40.3 Å². The van der Waals surface area contributed by atoms with Gasteiger partial charge >= 0.3 is 17.6 Å². The molecule has 206 valence electrons. The Morgan fingerprint density at radius 3 is 2.17 bits per heavy atom. The van der Waals surface area contributed by atoms with Crippen molar-refractivity contribution in [2.24, 2.45) is 0 Å². The van der Waals surface area contributed by atoms with Crippen molar-refractivity contribution in [3.8, 4) is 10.4 Å². The third kappa shape index (κ3) is 5.83. The number of aromatic nitrogens is 2. The van der Waals surface area contributed by atoms with E-state index in [9.17, 15) is 19.2 Å². The summed E-state index contributed by atoms with van der Waals surface area (Å²) in [7, 11) is 0.